The molecule has 1 aromatic carbocycles. The molecule has 0 aliphatic rings. The lowest BCUT2D eigenvalue weighted by Crippen LogP contribution is -2.32. The molecule has 0 atom stereocenters. The van der Waals surface area contributed by atoms with Crippen molar-refractivity contribution in [2.24, 2.45) is 0 Å². The van der Waals surface area contributed by atoms with Crippen molar-refractivity contribution < 1.29 is 23.1 Å². The molecule has 0 aliphatic heterocycles. The summed E-state index contributed by atoms with van der Waals surface area (Å²) in [5.41, 5.74) is 0.744. The van der Waals surface area contributed by atoms with Gasteiger partial charge in [-0.25, -0.2) is 8.42 Å². The minimum absolute atomic E-state index is 0.00806. The second-order valence-corrected chi connectivity index (χ2v) is 6.69. The zero-order valence-corrected chi connectivity index (χ0v) is 12.9. The fraction of sp³-hybridized carbons (Fsp3) is 0.429. The van der Waals surface area contributed by atoms with Crippen LogP contribution in [0.5, 0.6) is 0 Å². The Morgan fingerprint density at radius 2 is 1.76 bits per heavy atom. The number of hydrogen-bond acceptors (Lipinski definition) is 4. The maximum atomic E-state index is 12.1. The van der Waals surface area contributed by atoms with Gasteiger partial charge in [0.1, 0.15) is 5.75 Å². The predicted molar refractivity (Wildman–Crippen MR) is 77.8 cm³/mol. The van der Waals surface area contributed by atoms with Gasteiger partial charge in [0.2, 0.25) is 5.91 Å². The van der Waals surface area contributed by atoms with Crippen LogP contribution in [0.1, 0.15) is 18.9 Å². The molecule has 1 amide bonds. The summed E-state index contributed by atoms with van der Waals surface area (Å²) >= 11 is 0. The van der Waals surface area contributed by atoms with E-state index in [1.807, 2.05) is 0 Å². The third kappa shape index (κ3) is 5.18. The number of nitrogens with zero attached hydrogens (tertiary/aromatic N) is 1. The predicted octanol–water partition coefficient (Wildman–Crippen LogP) is 0.956. The first-order valence-electron chi connectivity index (χ1n) is 6.53. The number of hydrogen-bond donors (Lipinski definition) is 1. The van der Waals surface area contributed by atoms with Gasteiger partial charge in [-0.05, 0) is 31.0 Å². The van der Waals surface area contributed by atoms with E-state index in [9.17, 15) is 18.0 Å². The summed E-state index contributed by atoms with van der Waals surface area (Å²) in [5.74, 6) is -1.92. The topological polar surface area (TPSA) is 91.8 Å². The third-order valence-electron chi connectivity index (χ3n) is 3.12. The van der Waals surface area contributed by atoms with E-state index in [1.54, 1.807) is 26.1 Å². The average molecular weight is 313 g/mol. The summed E-state index contributed by atoms with van der Waals surface area (Å²) in [5, 5.41) is 8.60. The molecular formula is C14H19NO5S. The molecule has 1 N–H and O–H groups in total. The van der Waals surface area contributed by atoms with Crippen LogP contribution in [-0.2, 0) is 25.8 Å². The third-order valence-corrected chi connectivity index (χ3v) is 4.74. The van der Waals surface area contributed by atoms with Crippen LogP contribution in [0.4, 0.5) is 0 Å². The molecule has 0 unspecified atom stereocenters. The van der Waals surface area contributed by atoms with Crippen LogP contribution in [0.25, 0.3) is 0 Å². The van der Waals surface area contributed by atoms with Gasteiger partial charge in [-0.1, -0.05) is 12.1 Å². The van der Waals surface area contributed by atoms with Gasteiger partial charge in [0.15, 0.2) is 9.84 Å². The monoisotopic (exact) mass is 313 g/mol. The summed E-state index contributed by atoms with van der Waals surface area (Å²) in [4.78, 5) is 23.6. The Morgan fingerprint density at radius 1 is 1.19 bits per heavy atom. The number of carboxylic acids is 1. The van der Waals surface area contributed by atoms with E-state index in [0.717, 1.165) is 5.56 Å². The highest BCUT2D eigenvalue weighted by atomic mass is 32.2. The molecule has 116 valence electrons. The van der Waals surface area contributed by atoms with Gasteiger partial charge in [-0.15, -0.1) is 0 Å². The van der Waals surface area contributed by atoms with Crippen molar-refractivity contribution in [1.82, 2.24) is 4.90 Å². The highest BCUT2D eigenvalue weighted by Crippen LogP contribution is 2.14. The highest BCUT2D eigenvalue weighted by molar-refractivity contribution is 7.92. The van der Waals surface area contributed by atoms with Gasteiger partial charge < -0.3 is 10.0 Å². The Labute approximate surface area is 124 Å². The van der Waals surface area contributed by atoms with Crippen molar-refractivity contribution in [3.63, 3.8) is 0 Å². The summed E-state index contributed by atoms with van der Waals surface area (Å²) in [7, 11) is -2.12. The highest BCUT2D eigenvalue weighted by Gasteiger charge is 2.21. The minimum atomic E-state index is -3.67. The normalized spacial score (nSPS) is 11.1. The molecule has 1 rings (SSSR count). The first-order valence-corrected chi connectivity index (χ1v) is 8.19. The molecule has 0 spiro atoms. The van der Waals surface area contributed by atoms with Gasteiger partial charge in [0.25, 0.3) is 0 Å². The summed E-state index contributed by atoms with van der Waals surface area (Å²) in [6, 6.07) is 5.96. The second kappa shape index (κ2) is 7.21. The molecule has 0 heterocycles. The van der Waals surface area contributed by atoms with Crippen molar-refractivity contribution in [2.45, 2.75) is 24.7 Å². The van der Waals surface area contributed by atoms with Gasteiger partial charge in [-0.3, -0.25) is 9.59 Å². The lowest BCUT2D eigenvalue weighted by Gasteiger charge is -2.14. The molecule has 1 aromatic rings. The smallest absolute Gasteiger partial charge is 0.303 e. The SMILES string of the molecule is CCN(C)C(=O)CS(=O)(=O)c1ccc(CCC(=O)O)cc1. The van der Waals surface area contributed by atoms with Crippen LogP contribution < -0.4 is 0 Å². The van der Waals surface area contributed by atoms with Crippen molar-refractivity contribution in [3.8, 4) is 0 Å². The average Bonchev–Trinajstić information content (AvgIpc) is 2.44. The fourth-order valence-corrected chi connectivity index (χ4v) is 2.91. The van der Waals surface area contributed by atoms with Crippen molar-refractivity contribution >= 4 is 21.7 Å². The summed E-state index contributed by atoms with van der Waals surface area (Å²) in [6.07, 6.45) is 0.332. The van der Waals surface area contributed by atoms with E-state index in [0.29, 0.717) is 13.0 Å². The van der Waals surface area contributed by atoms with Gasteiger partial charge in [-0.2, -0.15) is 0 Å². The molecule has 6 nitrogen and oxygen atoms in total. The van der Waals surface area contributed by atoms with E-state index in [1.165, 1.54) is 17.0 Å². The second-order valence-electron chi connectivity index (χ2n) is 4.70. The fourth-order valence-electron chi connectivity index (χ4n) is 1.65. The van der Waals surface area contributed by atoms with Crippen LogP contribution in [0.2, 0.25) is 0 Å². The Bertz CT molecular complexity index is 607. The van der Waals surface area contributed by atoms with E-state index in [2.05, 4.69) is 0 Å². The molecule has 0 saturated carbocycles. The molecule has 0 aliphatic carbocycles. The van der Waals surface area contributed by atoms with Crippen LogP contribution in [0.15, 0.2) is 29.2 Å². The van der Waals surface area contributed by atoms with Gasteiger partial charge in [0.05, 0.1) is 4.90 Å². The van der Waals surface area contributed by atoms with Crippen molar-refractivity contribution in [2.75, 3.05) is 19.3 Å². The number of carbonyl (C=O) groups is 2. The lowest BCUT2D eigenvalue weighted by molar-refractivity contribution is -0.137. The van der Waals surface area contributed by atoms with Gasteiger partial charge in [0, 0.05) is 20.0 Å². The number of aliphatic carboxylic acids is 1. The molecule has 0 aromatic heterocycles. The maximum absolute atomic E-state index is 12.1. The minimum Gasteiger partial charge on any atom is -0.481 e. The molecule has 21 heavy (non-hydrogen) atoms. The number of benzene rings is 1. The number of aryl methyl sites for hydroxylation is 1. The molecule has 0 radical (unpaired) electrons. The largest absolute Gasteiger partial charge is 0.481 e. The van der Waals surface area contributed by atoms with Gasteiger partial charge >= 0.3 is 5.97 Å². The van der Waals surface area contributed by atoms with Crippen molar-refractivity contribution in [3.05, 3.63) is 29.8 Å². The van der Waals surface area contributed by atoms with E-state index in [-0.39, 0.29) is 11.3 Å². The lowest BCUT2D eigenvalue weighted by atomic mass is 10.1. The zero-order chi connectivity index (χ0) is 16.0. The number of sulfone groups is 1. The molecule has 0 bridgehead atoms. The summed E-state index contributed by atoms with van der Waals surface area (Å²) in [6.45, 7) is 2.21. The van der Waals surface area contributed by atoms with Crippen molar-refractivity contribution in [1.29, 1.82) is 0 Å². The number of carboxylic acid groups (broad SMARTS) is 1. The Hall–Kier alpha value is -1.89. The number of carbonyl (C=O) groups excluding carboxylic acids is 1. The van der Waals surface area contributed by atoms with Crippen LogP contribution in [0, 0.1) is 0 Å². The van der Waals surface area contributed by atoms with E-state index >= 15 is 0 Å². The molecule has 7 heteroatoms. The van der Waals surface area contributed by atoms with E-state index < -0.39 is 27.5 Å². The molecular weight excluding hydrogens is 294 g/mol. The van der Waals surface area contributed by atoms with Crippen LogP contribution in [0.3, 0.4) is 0 Å². The first-order chi connectivity index (χ1) is 9.76. The van der Waals surface area contributed by atoms with Crippen LogP contribution in [-0.4, -0.2) is 49.6 Å². The molecule has 0 fully saturated rings. The standard InChI is InChI=1S/C14H19NO5S/c1-3-15(2)13(16)10-21(19,20)12-7-4-11(5-8-12)6-9-14(17)18/h4-5,7-8H,3,6,9-10H2,1-2H3,(H,17,18). The Balaban J connectivity index is 2.80. The number of rotatable bonds is 7. The zero-order valence-electron chi connectivity index (χ0n) is 12.1. The number of amides is 1. The Morgan fingerprint density at radius 3 is 2.24 bits per heavy atom. The maximum Gasteiger partial charge on any atom is 0.303 e. The van der Waals surface area contributed by atoms with Crippen LogP contribution >= 0.6 is 0 Å². The molecule has 0 saturated heterocycles. The quantitative estimate of drug-likeness (QED) is 0.809. The summed E-state index contributed by atoms with van der Waals surface area (Å²) < 4.78 is 24.2. The Kier molecular flexibility index (Phi) is 5.90. The van der Waals surface area contributed by atoms with E-state index in [4.69, 9.17) is 5.11 Å². The first kappa shape index (κ1) is 17.2.